The summed E-state index contributed by atoms with van der Waals surface area (Å²) in [4.78, 5) is 0.0267. The zero-order valence-corrected chi connectivity index (χ0v) is 16.4. The zero-order chi connectivity index (χ0) is 20.1. The average molecular weight is 438 g/mol. The molecule has 0 saturated heterocycles. The van der Waals surface area contributed by atoms with Gasteiger partial charge in [0.25, 0.3) is 10.0 Å². The van der Waals surface area contributed by atoms with Crippen LogP contribution >= 0.6 is 23.8 Å². The summed E-state index contributed by atoms with van der Waals surface area (Å²) in [6.45, 7) is 0. The van der Waals surface area contributed by atoms with Crippen molar-refractivity contribution in [1.29, 1.82) is 0 Å². The van der Waals surface area contributed by atoms with Crippen molar-refractivity contribution < 1.29 is 12.8 Å². The minimum Gasteiger partial charge on any atom is -0.332 e. The lowest BCUT2D eigenvalue weighted by molar-refractivity contribution is 0.601. The normalized spacial score (nSPS) is 10.9. The van der Waals surface area contributed by atoms with Crippen LogP contribution in [-0.2, 0) is 10.0 Å². The Balaban J connectivity index is 1.65. The molecule has 0 unspecified atom stereocenters. The second kappa shape index (κ2) is 8.46. The third kappa shape index (κ3) is 5.35. The van der Waals surface area contributed by atoms with Crippen LogP contribution in [0.5, 0.6) is 0 Å². The van der Waals surface area contributed by atoms with E-state index in [-0.39, 0.29) is 26.8 Å². The Morgan fingerprint density at radius 1 is 0.964 bits per heavy atom. The number of anilines is 3. The van der Waals surface area contributed by atoms with Gasteiger partial charge in [0.2, 0.25) is 0 Å². The van der Waals surface area contributed by atoms with Gasteiger partial charge in [-0.1, -0.05) is 17.7 Å². The van der Waals surface area contributed by atoms with E-state index < -0.39 is 10.0 Å². The highest BCUT2D eigenvalue weighted by atomic mass is 35.5. The molecule has 3 N–H and O–H groups in total. The fourth-order valence-electron chi connectivity index (χ4n) is 2.14. The Kier molecular flexibility index (Phi) is 6.02. The molecular weight excluding hydrogens is 425 g/mol. The van der Waals surface area contributed by atoms with Gasteiger partial charge in [-0.25, -0.2) is 12.8 Å². The van der Waals surface area contributed by atoms with Crippen LogP contribution < -0.4 is 15.4 Å². The van der Waals surface area contributed by atoms with Gasteiger partial charge in [-0.15, -0.1) is 10.2 Å². The predicted molar refractivity (Wildman–Crippen MR) is 111 cm³/mol. The molecule has 2 aromatic carbocycles. The fourth-order valence-corrected chi connectivity index (χ4v) is 3.48. The summed E-state index contributed by atoms with van der Waals surface area (Å²) in [5, 5.41) is 13.3. The molecule has 28 heavy (non-hydrogen) atoms. The van der Waals surface area contributed by atoms with Gasteiger partial charge in [-0.05, 0) is 66.8 Å². The van der Waals surface area contributed by atoms with E-state index >= 15 is 0 Å². The minimum absolute atomic E-state index is 0.0267. The van der Waals surface area contributed by atoms with E-state index in [9.17, 15) is 12.8 Å². The summed E-state index contributed by atoms with van der Waals surface area (Å²) in [5.41, 5.74) is 1.05. The minimum atomic E-state index is -3.84. The third-order valence-electron chi connectivity index (χ3n) is 3.38. The first-order chi connectivity index (χ1) is 13.3. The van der Waals surface area contributed by atoms with Crippen LogP contribution in [0.3, 0.4) is 0 Å². The molecule has 0 aliphatic carbocycles. The van der Waals surface area contributed by atoms with E-state index in [1.54, 1.807) is 24.3 Å². The van der Waals surface area contributed by atoms with Gasteiger partial charge in [-0.2, -0.15) is 0 Å². The lowest BCUT2D eigenvalue weighted by Crippen LogP contribution is -2.19. The lowest BCUT2D eigenvalue weighted by atomic mass is 10.3. The molecule has 0 spiro atoms. The topological polar surface area (TPSA) is 96.0 Å². The van der Waals surface area contributed by atoms with E-state index in [0.717, 1.165) is 0 Å². The smallest absolute Gasteiger partial charge is 0.263 e. The van der Waals surface area contributed by atoms with Crippen LogP contribution in [0.2, 0.25) is 5.15 Å². The molecule has 1 heterocycles. The number of halogens is 2. The van der Waals surface area contributed by atoms with Crippen molar-refractivity contribution in [2.45, 2.75) is 4.90 Å². The number of sulfonamides is 1. The van der Waals surface area contributed by atoms with Crippen LogP contribution in [0.1, 0.15) is 0 Å². The monoisotopic (exact) mass is 437 g/mol. The third-order valence-corrected chi connectivity index (χ3v) is 5.15. The van der Waals surface area contributed by atoms with Crippen molar-refractivity contribution in [3.63, 3.8) is 0 Å². The molecule has 0 atom stereocenters. The van der Waals surface area contributed by atoms with Crippen LogP contribution in [0.25, 0.3) is 0 Å². The van der Waals surface area contributed by atoms with Crippen LogP contribution in [0.15, 0.2) is 65.6 Å². The summed E-state index contributed by atoms with van der Waals surface area (Å²) in [5.74, 6) is -0.340. The zero-order valence-electron chi connectivity index (χ0n) is 14.1. The molecule has 3 aromatic rings. The molecule has 0 fully saturated rings. The molecule has 0 saturated carbocycles. The Morgan fingerprint density at radius 2 is 1.68 bits per heavy atom. The predicted octanol–water partition coefficient (Wildman–Crippen LogP) is 3.88. The Labute approximate surface area is 171 Å². The molecule has 1 aromatic heterocycles. The van der Waals surface area contributed by atoms with Gasteiger partial charge in [0.15, 0.2) is 16.1 Å². The SMILES string of the molecule is O=S(=O)(Nc1ccc(Cl)nn1)c1ccc(NC(=S)Nc2cccc(F)c2)cc1. The number of nitrogens with one attached hydrogen (secondary N) is 3. The molecule has 0 amide bonds. The van der Waals surface area contributed by atoms with Crippen LogP contribution in [-0.4, -0.2) is 23.7 Å². The maximum atomic E-state index is 13.2. The number of benzene rings is 2. The van der Waals surface area contributed by atoms with E-state index in [2.05, 4.69) is 25.6 Å². The number of thiocarbonyl (C=S) groups is 1. The van der Waals surface area contributed by atoms with Gasteiger partial charge < -0.3 is 10.6 Å². The van der Waals surface area contributed by atoms with Crippen molar-refractivity contribution in [3.8, 4) is 0 Å². The summed E-state index contributed by atoms with van der Waals surface area (Å²) < 4.78 is 40.3. The quantitative estimate of drug-likeness (QED) is 0.521. The van der Waals surface area contributed by atoms with Gasteiger partial charge in [0, 0.05) is 11.4 Å². The van der Waals surface area contributed by atoms with Crippen molar-refractivity contribution in [3.05, 3.63) is 71.6 Å². The Bertz CT molecular complexity index is 1090. The molecule has 7 nitrogen and oxygen atoms in total. The highest BCUT2D eigenvalue weighted by Crippen LogP contribution is 2.18. The summed E-state index contributed by atoms with van der Waals surface area (Å²) in [7, 11) is -3.84. The standard InChI is InChI=1S/C17H13ClFN5O2S2/c18-15-8-9-16(23-22-15)24-28(25,26)14-6-4-12(5-7-14)20-17(27)21-13-3-1-2-11(19)10-13/h1-10H,(H,23,24)(H2,20,21,27). The second-order valence-electron chi connectivity index (χ2n) is 5.46. The highest BCUT2D eigenvalue weighted by molar-refractivity contribution is 7.92. The number of hydrogen-bond donors (Lipinski definition) is 3. The van der Waals surface area contributed by atoms with E-state index in [1.807, 2.05) is 0 Å². The molecular formula is C17H13ClFN5O2S2. The number of rotatable bonds is 5. The van der Waals surface area contributed by atoms with E-state index in [1.165, 1.54) is 36.4 Å². The maximum Gasteiger partial charge on any atom is 0.263 e. The average Bonchev–Trinajstić information content (AvgIpc) is 2.64. The van der Waals surface area contributed by atoms with E-state index in [0.29, 0.717) is 11.4 Å². The molecule has 0 aliphatic heterocycles. The van der Waals surface area contributed by atoms with Crippen molar-refractivity contribution in [2.24, 2.45) is 0 Å². The fraction of sp³-hybridized carbons (Fsp3) is 0. The largest absolute Gasteiger partial charge is 0.332 e. The van der Waals surface area contributed by atoms with Crippen molar-refractivity contribution in [2.75, 3.05) is 15.4 Å². The van der Waals surface area contributed by atoms with E-state index in [4.69, 9.17) is 23.8 Å². The molecule has 11 heteroatoms. The van der Waals surface area contributed by atoms with Gasteiger partial charge in [-0.3, -0.25) is 4.72 Å². The summed E-state index contributed by atoms with van der Waals surface area (Å²) in [6.07, 6.45) is 0. The van der Waals surface area contributed by atoms with Crippen LogP contribution in [0.4, 0.5) is 21.6 Å². The van der Waals surface area contributed by atoms with Crippen molar-refractivity contribution in [1.82, 2.24) is 10.2 Å². The second-order valence-corrected chi connectivity index (χ2v) is 7.94. The Hall–Kier alpha value is -2.82. The molecule has 3 rings (SSSR count). The van der Waals surface area contributed by atoms with Gasteiger partial charge in [0.05, 0.1) is 4.90 Å². The van der Waals surface area contributed by atoms with Gasteiger partial charge >= 0.3 is 0 Å². The van der Waals surface area contributed by atoms with Gasteiger partial charge in [0.1, 0.15) is 5.82 Å². The molecule has 0 bridgehead atoms. The first-order valence-electron chi connectivity index (χ1n) is 7.77. The summed E-state index contributed by atoms with van der Waals surface area (Å²) in [6, 6.07) is 14.6. The molecule has 0 aliphatic rings. The number of nitrogens with zero attached hydrogens (tertiary/aromatic N) is 2. The van der Waals surface area contributed by atoms with Crippen molar-refractivity contribution >= 4 is 56.1 Å². The Morgan fingerprint density at radius 3 is 2.32 bits per heavy atom. The molecule has 144 valence electrons. The maximum absolute atomic E-state index is 13.2. The first kappa shape index (κ1) is 19.9. The summed E-state index contributed by atoms with van der Waals surface area (Å²) >= 11 is 10.8. The lowest BCUT2D eigenvalue weighted by Gasteiger charge is -2.11. The number of aromatic nitrogens is 2. The number of hydrogen-bond acceptors (Lipinski definition) is 5. The first-order valence-corrected chi connectivity index (χ1v) is 10.0. The highest BCUT2D eigenvalue weighted by Gasteiger charge is 2.15. The molecule has 0 radical (unpaired) electrons. The van der Waals surface area contributed by atoms with Crippen LogP contribution in [0, 0.1) is 5.82 Å².